The summed E-state index contributed by atoms with van der Waals surface area (Å²) in [6.45, 7) is 0. The molecule has 10 nitrogen and oxygen atoms in total. The Morgan fingerprint density at radius 1 is 1.19 bits per heavy atom. The number of aromatic hydroxyl groups is 1. The summed E-state index contributed by atoms with van der Waals surface area (Å²) in [5, 5.41) is 25.1. The van der Waals surface area contributed by atoms with Crippen molar-refractivity contribution in [2.24, 2.45) is 5.10 Å². The van der Waals surface area contributed by atoms with Crippen LogP contribution in [0.15, 0.2) is 47.6 Å². The van der Waals surface area contributed by atoms with Crippen molar-refractivity contribution in [1.29, 1.82) is 0 Å². The number of carboxylic acid groups (broad SMARTS) is 1. The van der Waals surface area contributed by atoms with Gasteiger partial charge in [-0.25, -0.2) is 13.4 Å². The molecule has 2 aromatic rings. The maximum absolute atomic E-state index is 12.8. The lowest BCUT2D eigenvalue weighted by Crippen LogP contribution is -2.27. The number of amides is 1. The summed E-state index contributed by atoms with van der Waals surface area (Å²) in [5.41, 5.74) is 1.55. The van der Waals surface area contributed by atoms with E-state index in [-0.39, 0.29) is 30.8 Å². The minimum Gasteiger partial charge on any atom is -0.504 e. The minimum atomic E-state index is -3.57. The van der Waals surface area contributed by atoms with Crippen LogP contribution in [0.2, 0.25) is 0 Å². The van der Waals surface area contributed by atoms with Crippen molar-refractivity contribution < 1.29 is 33.0 Å². The van der Waals surface area contributed by atoms with E-state index in [1.807, 2.05) is 0 Å². The second kappa shape index (κ2) is 9.27. The van der Waals surface area contributed by atoms with Gasteiger partial charge < -0.3 is 14.9 Å². The molecule has 0 saturated heterocycles. The Balaban J connectivity index is 2.04. The topological polar surface area (TPSA) is 146 Å². The number of anilines is 1. The highest BCUT2D eigenvalue weighted by atomic mass is 32.2. The molecule has 1 atom stereocenters. The number of carboxylic acids is 1. The molecular weight excluding hydrogens is 438 g/mol. The molecule has 3 rings (SSSR count). The molecule has 1 aliphatic rings. The quantitative estimate of drug-likeness (QED) is 0.547. The zero-order valence-corrected chi connectivity index (χ0v) is 18.3. The SMILES string of the molecule is COc1cccc([C@@H]2CC(c3ccccc3NS(C)(=O)=O)=NN2C(=O)CCC(=O)O)c1O. The minimum absolute atomic E-state index is 0.157. The normalized spacial score (nSPS) is 15.9. The van der Waals surface area contributed by atoms with E-state index < -0.39 is 27.9 Å². The summed E-state index contributed by atoms with van der Waals surface area (Å²) in [6, 6.07) is 10.7. The maximum atomic E-state index is 12.8. The third-order valence-electron chi connectivity index (χ3n) is 4.86. The number of carbonyl (C=O) groups excluding carboxylic acids is 1. The lowest BCUT2D eigenvalue weighted by atomic mass is 9.96. The van der Waals surface area contributed by atoms with Crippen molar-refractivity contribution >= 4 is 33.3 Å². The maximum Gasteiger partial charge on any atom is 0.303 e. The van der Waals surface area contributed by atoms with Crippen LogP contribution in [-0.4, -0.2) is 54.6 Å². The van der Waals surface area contributed by atoms with E-state index >= 15 is 0 Å². The Morgan fingerprint density at radius 3 is 2.56 bits per heavy atom. The van der Waals surface area contributed by atoms with Crippen LogP contribution in [0.4, 0.5) is 5.69 Å². The molecule has 0 unspecified atom stereocenters. The number of ether oxygens (including phenoxy) is 1. The molecule has 0 aliphatic carbocycles. The average Bonchev–Trinajstić information content (AvgIpc) is 3.16. The first kappa shape index (κ1) is 23.1. The van der Waals surface area contributed by atoms with Gasteiger partial charge in [0.2, 0.25) is 15.9 Å². The van der Waals surface area contributed by atoms with E-state index in [1.54, 1.807) is 42.5 Å². The van der Waals surface area contributed by atoms with Gasteiger partial charge in [-0.3, -0.25) is 14.3 Å². The fourth-order valence-corrected chi connectivity index (χ4v) is 4.05. The van der Waals surface area contributed by atoms with Gasteiger partial charge in [0.05, 0.1) is 37.2 Å². The summed E-state index contributed by atoms with van der Waals surface area (Å²) in [7, 11) is -2.16. The van der Waals surface area contributed by atoms with Crippen LogP contribution in [0.1, 0.15) is 36.4 Å². The number of para-hydroxylation sites is 2. The molecule has 1 heterocycles. The van der Waals surface area contributed by atoms with Crippen molar-refractivity contribution in [1.82, 2.24) is 5.01 Å². The molecule has 0 aromatic heterocycles. The van der Waals surface area contributed by atoms with Crippen LogP contribution in [0.5, 0.6) is 11.5 Å². The third kappa shape index (κ3) is 5.17. The second-order valence-electron chi connectivity index (χ2n) is 7.22. The van der Waals surface area contributed by atoms with Gasteiger partial charge in [-0.1, -0.05) is 30.3 Å². The van der Waals surface area contributed by atoms with Crippen molar-refractivity contribution in [3.63, 3.8) is 0 Å². The van der Waals surface area contributed by atoms with Gasteiger partial charge in [-0.15, -0.1) is 0 Å². The smallest absolute Gasteiger partial charge is 0.303 e. The molecule has 0 fully saturated rings. The highest BCUT2D eigenvalue weighted by Crippen LogP contribution is 2.42. The number of nitrogens with one attached hydrogen (secondary N) is 1. The van der Waals surface area contributed by atoms with E-state index in [9.17, 15) is 23.1 Å². The molecule has 0 radical (unpaired) electrons. The first-order valence-corrected chi connectivity index (χ1v) is 11.5. The second-order valence-corrected chi connectivity index (χ2v) is 8.97. The number of hydrogen-bond donors (Lipinski definition) is 3. The van der Waals surface area contributed by atoms with Gasteiger partial charge in [-0.05, 0) is 12.1 Å². The zero-order valence-electron chi connectivity index (χ0n) is 17.5. The summed E-state index contributed by atoms with van der Waals surface area (Å²) in [6.07, 6.45) is 0.543. The van der Waals surface area contributed by atoms with Crippen molar-refractivity contribution in [3.05, 3.63) is 53.6 Å². The van der Waals surface area contributed by atoms with Gasteiger partial charge in [0.25, 0.3) is 0 Å². The van der Waals surface area contributed by atoms with E-state index in [2.05, 4.69) is 9.82 Å². The van der Waals surface area contributed by atoms with Gasteiger partial charge in [0.1, 0.15) is 0 Å². The number of aliphatic carboxylic acids is 1. The highest BCUT2D eigenvalue weighted by Gasteiger charge is 2.36. The molecular formula is C21H23N3O7S. The fourth-order valence-electron chi connectivity index (χ4n) is 3.47. The predicted octanol–water partition coefficient (Wildman–Crippen LogP) is 2.31. The van der Waals surface area contributed by atoms with Gasteiger partial charge >= 0.3 is 5.97 Å². The number of rotatable bonds is 8. The van der Waals surface area contributed by atoms with Crippen LogP contribution in [0.3, 0.4) is 0 Å². The van der Waals surface area contributed by atoms with Crippen LogP contribution in [0.25, 0.3) is 0 Å². The Labute approximate surface area is 185 Å². The Bertz CT molecular complexity index is 1180. The molecule has 0 bridgehead atoms. The number of hydrogen-bond acceptors (Lipinski definition) is 7. The Kier molecular flexibility index (Phi) is 6.68. The molecule has 0 spiro atoms. The molecule has 1 aliphatic heterocycles. The number of hydrazone groups is 1. The Hall–Kier alpha value is -3.60. The first-order valence-electron chi connectivity index (χ1n) is 9.65. The summed E-state index contributed by atoms with van der Waals surface area (Å²) in [5.74, 6) is -1.60. The summed E-state index contributed by atoms with van der Waals surface area (Å²) >= 11 is 0. The number of phenols is 1. The van der Waals surface area contributed by atoms with Gasteiger partial charge in [0.15, 0.2) is 11.5 Å². The van der Waals surface area contributed by atoms with E-state index in [0.29, 0.717) is 22.5 Å². The zero-order chi connectivity index (χ0) is 23.5. The van der Waals surface area contributed by atoms with Crippen LogP contribution >= 0.6 is 0 Å². The van der Waals surface area contributed by atoms with E-state index in [4.69, 9.17) is 9.84 Å². The number of sulfonamides is 1. The third-order valence-corrected chi connectivity index (χ3v) is 5.45. The molecule has 2 aromatic carbocycles. The van der Waals surface area contributed by atoms with Gasteiger partial charge in [0, 0.05) is 24.0 Å². The predicted molar refractivity (Wildman–Crippen MR) is 117 cm³/mol. The largest absolute Gasteiger partial charge is 0.504 e. The van der Waals surface area contributed by atoms with Crippen LogP contribution < -0.4 is 9.46 Å². The summed E-state index contributed by atoms with van der Waals surface area (Å²) < 4.78 is 31.1. The van der Waals surface area contributed by atoms with Crippen LogP contribution in [0, 0.1) is 0 Å². The van der Waals surface area contributed by atoms with E-state index in [0.717, 1.165) is 11.3 Å². The molecule has 3 N–H and O–H groups in total. The molecule has 11 heteroatoms. The number of phenolic OH excluding ortho intramolecular Hbond substituents is 1. The molecule has 170 valence electrons. The monoisotopic (exact) mass is 461 g/mol. The average molecular weight is 461 g/mol. The first-order chi connectivity index (χ1) is 15.1. The number of methoxy groups -OCH3 is 1. The fraction of sp³-hybridized carbons (Fsp3) is 0.286. The van der Waals surface area contributed by atoms with E-state index in [1.165, 1.54) is 7.11 Å². The number of carbonyl (C=O) groups is 2. The van der Waals surface area contributed by atoms with Crippen molar-refractivity contribution in [2.45, 2.75) is 25.3 Å². The lowest BCUT2D eigenvalue weighted by molar-refractivity contribution is -0.141. The van der Waals surface area contributed by atoms with Crippen molar-refractivity contribution in [2.75, 3.05) is 18.1 Å². The molecule has 32 heavy (non-hydrogen) atoms. The summed E-state index contributed by atoms with van der Waals surface area (Å²) in [4.78, 5) is 23.8. The van der Waals surface area contributed by atoms with Crippen LogP contribution in [-0.2, 0) is 19.6 Å². The number of nitrogens with zero attached hydrogens (tertiary/aromatic N) is 2. The molecule has 1 amide bonds. The number of benzene rings is 2. The van der Waals surface area contributed by atoms with Gasteiger partial charge in [-0.2, -0.15) is 5.10 Å². The standard InChI is InChI=1S/C21H23N3O7S/c1-31-18-9-5-7-14(21(18)28)17-12-16(22-24(17)19(25)10-11-20(26)27)13-6-3-4-8-15(13)23-32(2,29)30/h3-9,17,23,28H,10-12H2,1-2H3,(H,26,27)/t17-/m0/s1. The Morgan fingerprint density at radius 2 is 1.91 bits per heavy atom. The lowest BCUT2D eigenvalue weighted by Gasteiger charge is -2.23. The van der Waals surface area contributed by atoms with Crippen molar-refractivity contribution in [3.8, 4) is 11.5 Å². The highest BCUT2D eigenvalue weighted by molar-refractivity contribution is 7.92. The molecule has 0 saturated carbocycles.